The zero-order valence-corrected chi connectivity index (χ0v) is 27.3. The second kappa shape index (κ2) is 11.9. The number of hydrogen-bond acceptors (Lipinski definition) is 2. The van der Waals surface area contributed by atoms with Crippen LogP contribution in [-0.4, -0.2) is 4.57 Å². The van der Waals surface area contributed by atoms with Crippen molar-refractivity contribution in [2.24, 2.45) is 0 Å². The van der Waals surface area contributed by atoms with Crippen LogP contribution in [0.2, 0.25) is 0 Å². The fourth-order valence-electron chi connectivity index (χ4n) is 7.66. The minimum atomic E-state index is 0.527. The van der Waals surface area contributed by atoms with Crippen LogP contribution in [-0.2, 0) is 0 Å². The van der Waals surface area contributed by atoms with E-state index in [4.69, 9.17) is 6.57 Å². The summed E-state index contributed by atoms with van der Waals surface area (Å²) in [5, 5.41) is 26.3. The highest BCUT2D eigenvalue weighted by Crippen LogP contribution is 2.46. The first-order chi connectivity index (χ1) is 25.2. The fourth-order valence-corrected chi connectivity index (χ4v) is 7.66. The SMILES string of the molecule is [C-]#[N+]c1cc(-c2ccc(C#N)cc2-n2c3ccccc3c3cc(C#N)ccc32)cc(-c2c3ccccc3c(-c3ccccc3)c3ccccc23)c1. The summed E-state index contributed by atoms with van der Waals surface area (Å²) in [4.78, 5) is 3.97. The Hall–Kier alpha value is -7.45. The lowest BCUT2D eigenvalue weighted by molar-refractivity contribution is 1.18. The molecular weight excluding hydrogens is 621 g/mol. The molecule has 0 saturated heterocycles. The van der Waals surface area contributed by atoms with Crippen LogP contribution in [0.5, 0.6) is 0 Å². The van der Waals surface area contributed by atoms with Gasteiger partial charge in [-0.1, -0.05) is 103 Å². The highest BCUT2D eigenvalue weighted by atomic mass is 15.0. The number of benzene rings is 8. The summed E-state index contributed by atoms with van der Waals surface area (Å²) in [6, 6.07) is 57.9. The predicted molar refractivity (Wildman–Crippen MR) is 208 cm³/mol. The Bertz CT molecular complexity index is 2940. The molecule has 0 aliphatic heterocycles. The Labute approximate surface area is 294 Å². The first kappa shape index (κ1) is 29.7. The number of rotatable bonds is 4. The van der Waals surface area contributed by atoms with Gasteiger partial charge in [0.1, 0.15) is 0 Å². The lowest BCUT2D eigenvalue weighted by Gasteiger charge is -2.19. The van der Waals surface area contributed by atoms with E-state index in [2.05, 4.69) is 113 Å². The number of para-hydroxylation sites is 1. The second-order valence-corrected chi connectivity index (χ2v) is 12.6. The minimum Gasteiger partial charge on any atom is -0.309 e. The smallest absolute Gasteiger partial charge is 0.188 e. The van der Waals surface area contributed by atoms with Crippen molar-refractivity contribution in [3.63, 3.8) is 0 Å². The van der Waals surface area contributed by atoms with E-state index >= 15 is 0 Å². The molecule has 0 N–H and O–H groups in total. The van der Waals surface area contributed by atoms with E-state index in [1.165, 1.54) is 5.56 Å². The summed E-state index contributed by atoms with van der Waals surface area (Å²) in [7, 11) is 0. The maximum Gasteiger partial charge on any atom is 0.188 e. The van der Waals surface area contributed by atoms with Crippen LogP contribution in [0.25, 0.3) is 87.3 Å². The van der Waals surface area contributed by atoms with E-state index in [1.54, 1.807) is 0 Å². The molecule has 9 rings (SSSR count). The quantitative estimate of drug-likeness (QED) is 0.141. The zero-order chi connectivity index (χ0) is 34.5. The van der Waals surface area contributed by atoms with Crippen molar-refractivity contribution in [1.82, 2.24) is 4.57 Å². The molecule has 4 heteroatoms. The number of hydrogen-bond donors (Lipinski definition) is 0. The lowest BCUT2D eigenvalue weighted by atomic mass is 9.85. The van der Waals surface area contributed by atoms with Gasteiger partial charge in [-0.15, -0.1) is 0 Å². The number of fused-ring (bicyclic) bond motifs is 5. The van der Waals surface area contributed by atoms with Crippen molar-refractivity contribution in [3.05, 3.63) is 180 Å². The Morgan fingerprint density at radius 2 is 0.980 bits per heavy atom. The molecule has 4 nitrogen and oxygen atoms in total. The largest absolute Gasteiger partial charge is 0.309 e. The van der Waals surface area contributed by atoms with Gasteiger partial charge in [-0.25, -0.2) is 4.85 Å². The van der Waals surface area contributed by atoms with Gasteiger partial charge in [0, 0.05) is 16.3 Å². The maximum absolute atomic E-state index is 10.1. The average molecular weight is 647 g/mol. The van der Waals surface area contributed by atoms with Crippen LogP contribution < -0.4 is 0 Å². The molecule has 0 radical (unpaired) electrons. The van der Waals surface area contributed by atoms with Crippen molar-refractivity contribution in [2.45, 2.75) is 0 Å². The van der Waals surface area contributed by atoms with Crippen LogP contribution in [0, 0.1) is 29.2 Å². The molecule has 0 atom stereocenters. The van der Waals surface area contributed by atoms with Gasteiger partial charge >= 0.3 is 0 Å². The first-order valence-electron chi connectivity index (χ1n) is 16.7. The highest BCUT2D eigenvalue weighted by molar-refractivity contribution is 6.21. The predicted octanol–water partition coefficient (Wildman–Crippen LogP) is 12.4. The molecule has 0 amide bonds. The summed E-state index contributed by atoms with van der Waals surface area (Å²) < 4.78 is 2.17. The van der Waals surface area contributed by atoms with Gasteiger partial charge in [0.15, 0.2) is 5.69 Å². The zero-order valence-electron chi connectivity index (χ0n) is 27.3. The summed E-state index contributed by atoms with van der Waals surface area (Å²) in [6.07, 6.45) is 0. The van der Waals surface area contributed by atoms with Crippen LogP contribution in [0.15, 0.2) is 158 Å². The molecule has 0 bridgehead atoms. The van der Waals surface area contributed by atoms with Crippen molar-refractivity contribution in [1.29, 1.82) is 10.5 Å². The van der Waals surface area contributed by atoms with Crippen molar-refractivity contribution in [2.75, 3.05) is 0 Å². The van der Waals surface area contributed by atoms with Crippen LogP contribution in [0.4, 0.5) is 5.69 Å². The Balaban J connectivity index is 1.36. The topological polar surface area (TPSA) is 56.9 Å². The fraction of sp³-hybridized carbons (Fsp3) is 0. The van der Waals surface area contributed by atoms with Crippen LogP contribution >= 0.6 is 0 Å². The van der Waals surface area contributed by atoms with Gasteiger partial charge < -0.3 is 4.57 Å². The van der Waals surface area contributed by atoms with Gasteiger partial charge in [0.25, 0.3) is 0 Å². The van der Waals surface area contributed by atoms with Gasteiger partial charge in [0.05, 0.1) is 46.6 Å². The van der Waals surface area contributed by atoms with Gasteiger partial charge in [-0.2, -0.15) is 10.5 Å². The molecule has 1 heterocycles. The summed E-state index contributed by atoms with van der Waals surface area (Å²) >= 11 is 0. The maximum atomic E-state index is 10.1. The molecule has 234 valence electrons. The molecular formula is C47H26N4. The molecule has 8 aromatic carbocycles. The van der Waals surface area contributed by atoms with E-state index in [9.17, 15) is 10.5 Å². The molecule has 0 fully saturated rings. The van der Waals surface area contributed by atoms with Gasteiger partial charge in [0.2, 0.25) is 0 Å². The van der Waals surface area contributed by atoms with Crippen molar-refractivity contribution >= 4 is 49.0 Å². The Kier molecular flexibility index (Phi) is 6.93. The summed E-state index contributed by atoms with van der Waals surface area (Å²) in [5.41, 5.74) is 10.5. The van der Waals surface area contributed by atoms with Crippen molar-refractivity contribution in [3.8, 4) is 51.2 Å². The standard InChI is InChI=1S/C47H26N4/c1-50-35-26-33(36-21-19-31(29-49)24-45(36)51-43-18-10-9-13-37(43)42-23-30(28-48)20-22-44(42)51)25-34(27-35)47-40-16-7-5-14-38(40)46(32-11-3-2-4-12-32)39-15-6-8-17-41(39)47/h2-27H. The number of nitriles is 2. The third kappa shape index (κ3) is 4.74. The summed E-state index contributed by atoms with van der Waals surface area (Å²) in [6.45, 7) is 8.20. The molecule has 0 unspecified atom stereocenters. The Morgan fingerprint density at radius 3 is 1.63 bits per heavy atom. The van der Waals surface area contributed by atoms with Gasteiger partial charge in [-0.3, -0.25) is 0 Å². The van der Waals surface area contributed by atoms with E-state index < -0.39 is 0 Å². The third-order valence-electron chi connectivity index (χ3n) is 9.81. The lowest BCUT2D eigenvalue weighted by Crippen LogP contribution is -1.99. The average Bonchev–Trinajstić information content (AvgIpc) is 3.53. The molecule has 9 aromatic rings. The van der Waals surface area contributed by atoms with E-state index in [-0.39, 0.29) is 0 Å². The van der Waals surface area contributed by atoms with E-state index in [0.717, 1.165) is 76.9 Å². The first-order valence-corrected chi connectivity index (χ1v) is 16.7. The second-order valence-electron chi connectivity index (χ2n) is 12.6. The molecule has 0 aliphatic rings. The van der Waals surface area contributed by atoms with E-state index in [0.29, 0.717) is 16.8 Å². The molecule has 0 aliphatic carbocycles. The molecule has 0 saturated carbocycles. The third-order valence-corrected chi connectivity index (χ3v) is 9.81. The highest BCUT2D eigenvalue weighted by Gasteiger charge is 2.20. The van der Waals surface area contributed by atoms with Gasteiger partial charge in [-0.05, 0) is 104 Å². The van der Waals surface area contributed by atoms with E-state index in [1.807, 2.05) is 66.7 Å². The summed E-state index contributed by atoms with van der Waals surface area (Å²) in [5.74, 6) is 0. The Morgan fingerprint density at radius 1 is 0.451 bits per heavy atom. The number of aromatic nitrogens is 1. The van der Waals surface area contributed by atoms with Crippen LogP contribution in [0.1, 0.15) is 11.1 Å². The van der Waals surface area contributed by atoms with Crippen molar-refractivity contribution < 1.29 is 0 Å². The molecule has 1 aromatic heterocycles. The number of nitrogens with zero attached hydrogens (tertiary/aromatic N) is 4. The molecule has 0 spiro atoms. The minimum absolute atomic E-state index is 0.527. The molecule has 51 heavy (non-hydrogen) atoms. The normalized spacial score (nSPS) is 11.1. The monoisotopic (exact) mass is 646 g/mol. The van der Waals surface area contributed by atoms with Crippen LogP contribution in [0.3, 0.4) is 0 Å².